The lowest BCUT2D eigenvalue weighted by atomic mass is 10.1. The van der Waals surface area contributed by atoms with Gasteiger partial charge in [-0.3, -0.25) is 4.79 Å². The molecule has 2 N–H and O–H groups in total. The summed E-state index contributed by atoms with van der Waals surface area (Å²) in [6.45, 7) is 2.22. The molecule has 0 heterocycles. The monoisotopic (exact) mass is 530 g/mol. The lowest BCUT2D eigenvalue weighted by Crippen LogP contribution is -2.45. The van der Waals surface area contributed by atoms with Crippen LogP contribution in [0.15, 0.2) is 108 Å². The Kier molecular flexibility index (Phi) is 8.78. The molecule has 4 rings (SSSR count). The van der Waals surface area contributed by atoms with Gasteiger partial charge < -0.3 is 14.8 Å². The number of anilines is 1. The lowest BCUT2D eigenvalue weighted by Gasteiger charge is -2.20. The van der Waals surface area contributed by atoms with Crippen molar-refractivity contribution in [1.29, 1.82) is 0 Å². The average molecular weight is 531 g/mol. The van der Waals surface area contributed by atoms with E-state index in [-0.39, 0.29) is 17.1 Å². The number of amides is 1. The summed E-state index contributed by atoms with van der Waals surface area (Å²) >= 11 is 0. The second kappa shape index (κ2) is 12.4. The van der Waals surface area contributed by atoms with Crippen molar-refractivity contribution in [2.75, 3.05) is 12.4 Å². The molecule has 196 valence electrons. The molecule has 38 heavy (non-hydrogen) atoms. The summed E-state index contributed by atoms with van der Waals surface area (Å²) in [7, 11) is -2.67. The summed E-state index contributed by atoms with van der Waals surface area (Å²) < 4.78 is 40.4. The Morgan fingerprint density at radius 3 is 2.11 bits per heavy atom. The summed E-state index contributed by atoms with van der Waals surface area (Å²) in [6.07, 6.45) is 0.165. The maximum absolute atomic E-state index is 13.4. The van der Waals surface area contributed by atoms with E-state index in [9.17, 15) is 13.2 Å². The summed E-state index contributed by atoms with van der Waals surface area (Å²) in [5.74, 6) is 0.370. The van der Waals surface area contributed by atoms with Crippen molar-refractivity contribution in [1.82, 2.24) is 4.72 Å². The van der Waals surface area contributed by atoms with Crippen molar-refractivity contribution in [3.63, 3.8) is 0 Å². The second-order valence-corrected chi connectivity index (χ2v) is 10.5. The molecule has 0 spiro atoms. The van der Waals surface area contributed by atoms with Gasteiger partial charge in [-0.25, -0.2) is 8.42 Å². The number of carbonyl (C=O) groups excluding carboxylic acids is 1. The topological polar surface area (TPSA) is 93.7 Å². The van der Waals surface area contributed by atoms with Gasteiger partial charge in [-0.05, 0) is 66.4 Å². The van der Waals surface area contributed by atoms with Crippen LogP contribution in [0.3, 0.4) is 0 Å². The molecular weight excluding hydrogens is 500 g/mol. The molecule has 0 radical (unpaired) electrons. The van der Waals surface area contributed by atoms with E-state index in [4.69, 9.17) is 9.47 Å². The minimum atomic E-state index is -4.08. The summed E-state index contributed by atoms with van der Waals surface area (Å²) in [6, 6.07) is 29.8. The zero-order chi connectivity index (χ0) is 27.0. The van der Waals surface area contributed by atoms with E-state index in [0.717, 1.165) is 16.7 Å². The number of aryl methyl sites for hydroxylation is 1. The van der Waals surface area contributed by atoms with Crippen molar-refractivity contribution >= 4 is 21.6 Å². The van der Waals surface area contributed by atoms with Crippen molar-refractivity contribution in [2.45, 2.75) is 30.9 Å². The number of ether oxygens (including phenoxy) is 2. The highest BCUT2D eigenvalue weighted by molar-refractivity contribution is 7.89. The first-order valence-electron chi connectivity index (χ1n) is 12.1. The lowest BCUT2D eigenvalue weighted by molar-refractivity contribution is -0.117. The fraction of sp³-hybridized carbons (Fsp3) is 0.167. The van der Waals surface area contributed by atoms with Crippen LogP contribution in [0, 0.1) is 6.92 Å². The number of sulfonamides is 1. The van der Waals surface area contributed by atoms with Gasteiger partial charge in [-0.1, -0.05) is 66.7 Å². The number of hydrogen-bond acceptors (Lipinski definition) is 5. The van der Waals surface area contributed by atoms with Crippen molar-refractivity contribution in [2.24, 2.45) is 0 Å². The van der Waals surface area contributed by atoms with E-state index >= 15 is 0 Å². The SMILES string of the molecule is COc1ccc(C)cc1S(=O)(=O)N[C@H](Cc1ccccc1)C(=O)Nc1ccc(OCc2ccccc2)cc1. The van der Waals surface area contributed by atoms with E-state index in [1.54, 1.807) is 43.3 Å². The smallest absolute Gasteiger partial charge is 0.245 e. The maximum Gasteiger partial charge on any atom is 0.245 e. The third-order valence-electron chi connectivity index (χ3n) is 5.88. The number of nitrogens with one attached hydrogen (secondary N) is 2. The first-order valence-corrected chi connectivity index (χ1v) is 13.6. The zero-order valence-corrected chi connectivity index (χ0v) is 22.1. The van der Waals surface area contributed by atoms with Crippen LogP contribution in [0.4, 0.5) is 5.69 Å². The van der Waals surface area contributed by atoms with Crippen LogP contribution in [0.2, 0.25) is 0 Å². The second-order valence-electron chi connectivity index (χ2n) is 8.81. The Balaban J connectivity index is 1.50. The quantitative estimate of drug-likeness (QED) is 0.281. The van der Waals surface area contributed by atoms with Crippen LogP contribution in [-0.4, -0.2) is 27.5 Å². The van der Waals surface area contributed by atoms with Gasteiger partial charge >= 0.3 is 0 Å². The summed E-state index contributed by atoms with van der Waals surface area (Å²) in [5, 5.41) is 2.82. The molecule has 8 heteroatoms. The van der Waals surface area contributed by atoms with Crippen LogP contribution in [0.5, 0.6) is 11.5 Å². The third-order valence-corrected chi connectivity index (χ3v) is 7.37. The van der Waals surface area contributed by atoms with E-state index in [1.165, 1.54) is 13.2 Å². The van der Waals surface area contributed by atoms with Gasteiger partial charge in [-0.2, -0.15) is 4.72 Å². The van der Waals surface area contributed by atoms with Crippen LogP contribution in [-0.2, 0) is 27.8 Å². The van der Waals surface area contributed by atoms with Gasteiger partial charge in [0.1, 0.15) is 29.0 Å². The molecule has 0 bridgehead atoms. The standard InChI is InChI=1S/C30H30N2O5S/c1-22-13-18-28(36-2)29(19-22)38(34,35)32-27(20-23-9-5-3-6-10-23)30(33)31-25-14-16-26(17-15-25)37-21-24-11-7-4-8-12-24/h3-19,27,32H,20-21H2,1-2H3,(H,31,33)/t27-/m1/s1. The molecule has 0 aromatic heterocycles. The fourth-order valence-corrected chi connectivity index (χ4v) is 5.34. The third kappa shape index (κ3) is 7.21. The first kappa shape index (κ1) is 26.9. The summed E-state index contributed by atoms with van der Waals surface area (Å²) in [4.78, 5) is 13.3. The van der Waals surface area contributed by atoms with Gasteiger partial charge in [-0.15, -0.1) is 0 Å². The molecule has 4 aromatic rings. The van der Waals surface area contributed by atoms with Crippen molar-refractivity contribution in [3.05, 3.63) is 120 Å². The highest BCUT2D eigenvalue weighted by Crippen LogP contribution is 2.25. The molecule has 1 atom stereocenters. The van der Waals surface area contributed by atoms with Crippen LogP contribution >= 0.6 is 0 Å². The van der Waals surface area contributed by atoms with E-state index in [0.29, 0.717) is 18.0 Å². The molecule has 0 fully saturated rings. The molecule has 0 aliphatic rings. The number of hydrogen-bond donors (Lipinski definition) is 2. The van der Waals surface area contributed by atoms with Crippen LogP contribution in [0.1, 0.15) is 16.7 Å². The van der Waals surface area contributed by atoms with Crippen LogP contribution in [0.25, 0.3) is 0 Å². The fourth-order valence-electron chi connectivity index (χ4n) is 3.89. The maximum atomic E-state index is 13.4. The minimum Gasteiger partial charge on any atom is -0.495 e. The Morgan fingerprint density at radius 2 is 1.47 bits per heavy atom. The highest BCUT2D eigenvalue weighted by Gasteiger charge is 2.28. The Bertz CT molecular complexity index is 1460. The first-order chi connectivity index (χ1) is 18.3. The van der Waals surface area contributed by atoms with E-state index in [1.807, 2.05) is 60.7 Å². The average Bonchev–Trinajstić information content (AvgIpc) is 2.93. The molecule has 0 aliphatic heterocycles. The minimum absolute atomic E-state index is 0.0224. The molecule has 4 aromatic carbocycles. The Hall–Kier alpha value is -4.14. The number of benzene rings is 4. The van der Waals surface area contributed by atoms with Gasteiger partial charge in [0.25, 0.3) is 0 Å². The normalized spacial score (nSPS) is 11.9. The number of carbonyl (C=O) groups is 1. The predicted molar refractivity (Wildman–Crippen MR) is 148 cm³/mol. The van der Waals surface area contributed by atoms with Gasteiger partial charge in [0, 0.05) is 5.69 Å². The van der Waals surface area contributed by atoms with Crippen molar-refractivity contribution < 1.29 is 22.7 Å². The predicted octanol–water partition coefficient (Wildman–Crippen LogP) is 5.11. The van der Waals surface area contributed by atoms with Gasteiger partial charge in [0.15, 0.2) is 0 Å². The molecule has 0 unspecified atom stereocenters. The Labute approximate surface area is 223 Å². The van der Waals surface area contributed by atoms with Crippen molar-refractivity contribution in [3.8, 4) is 11.5 Å². The number of rotatable bonds is 11. The van der Waals surface area contributed by atoms with Gasteiger partial charge in [0.2, 0.25) is 15.9 Å². The highest BCUT2D eigenvalue weighted by atomic mass is 32.2. The molecule has 0 aliphatic carbocycles. The Morgan fingerprint density at radius 1 is 0.842 bits per heavy atom. The molecular formula is C30H30N2O5S. The zero-order valence-electron chi connectivity index (χ0n) is 21.3. The summed E-state index contributed by atoms with van der Waals surface area (Å²) in [5.41, 5.74) is 3.14. The molecule has 1 amide bonds. The molecule has 7 nitrogen and oxygen atoms in total. The van der Waals surface area contributed by atoms with E-state index < -0.39 is 22.0 Å². The van der Waals surface area contributed by atoms with Gasteiger partial charge in [0.05, 0.1) is 7.11 Å². The van der Waals surface area contributed by atoms with Crippen LogP contribution < -0.4 is 19.5 Å². The van der Waals surface area contributed by atoms with E-state index in [2.05, 4.69) is 10.0 Å². The number of methoxy groups -OCH3 is 1. The molecule has 0 saturated carbocycles. The largest absolute Gasteiger partial charge is 0.495 e. The molecule has 0 saturated heterocycles.